The summed E-state index contributed by atoms with van der Waals surface area (Å²) in [6.07, 6.45) is 7.44. The molecule has 18 heavy (non-hydrogen) atoms. The third-order valence-electron chi connectivity index (χ3n) is 2.63. The molecule has 2 aromatic heterocycles. The number of nitrogens with zero attached hydrogens (tertiary/aromatic N) is 3. The first-order valence-corrected chi connectivity index (χ1v) is 6.71. The van der Waals surface area contributed by atoms with Crippen molar-refractivity contribution in [3.8, 4) is 0 Å². The molecule has 6 heteroatoms. The average Bonchev–Trinajstić information content (AvgIpc) is 2.71. The van der Waals surface area contributed by atoms with Gasteiger partial charge in [0.25, 0.3) is 5.91 Å². The summed E-state index contributed by atoms with van der Waals surface area (Å²) in [6.45, 7) is 4.04. The fourth-order valence-corrected chi connectivity index (χ4v) is 2.42. The van der Waals surface area contributed by atoms with Crippen LogP contribution in [0.2, 0.25) is 0 Å². The van der Waals surface area contributed by atoms with Crippen LogP contribution in [0.5, 0.6) is 0 Å². The molecule has 1 N–H and O–H groups in total. The van der Waals surface area contributed by atoms with Crippen LogP contribution in [0.15, 0.2) is 24.8 Å². The van der Waals surface area contributed by atoms with Gasteiger partial charge in [0.2, 0.25) is 0 Å². The van der Waals surface area contributed by atoms with Crippen LogP contribution in [0.4, 0.5) is 0 Å². The van der Waals surface area contributed by atoms with Crippen LogP contribution < -0.4 is 5.32 Å². The number of carbonyl (C=O) groups excluding carboxylic acids is 1. The summed E-state index contributed by atoms with van der Waals surface area (Å²) in [6, 6.07) is 0.110. The van der Waals surface area contributed by atoms with Crippen molar-refractivity contribution in [2.45, 2.75) is 31.1 Å². The van der Waals surface area contributed by atoms with E-state index >= 15 is 0 Å². The van der Waals surface area contributed by atoms with Gasteiger partial charge in [-0.25, -0.2) is 4.52 Å². The number of carbonyl (C=O) groups is 1. The molecule has 2 atom stereocenters. The lowest BCUT2D eigenvalue weighted by atomic mass is 10.2. The Morgan fingerprint density at radius 1 is 1.50 bits per heavy atom. The summed E-state index contributed by atoms with van der Waals surface area (Å²) < 4.78 is 1.64. The zero-order valence-electron chi connectivity index (χ0n) is 10.3. The van der Waals surface area contributed by atoms with Crippen LogP contribution in [-0.4, -0.2) is 31.4 Å². The van der Waals surface area contributed by atoms with Crippen molar-refractivity contribution in [3.05, 3.63) is 30.4 Å². The summed E-state index contributed by atoms with van der Waals surface area (Å²) >= 11 is 3.48. The molecule has 0 radical (unpaired) electrons. The van der Waals surface area contributed by atoms with Gasteiger partial charge in [-0.3, -0.25) is 9.78 Å². The molecule has 0 bridgehead atoms. The van der Waals surface area contributed by atoms with E-state index in [9.17, 15) is 4.79 Å². The molecule has 2 aromatic rings. The van der Waals surface area contributed by atoms with Crippen molar-refractivity contribution in [2.75, 3.05) is 0 Å². The normalized spacial score (nSPS) is 14.4. The number of rotatable bonds is 4. The fraction of sp³-hybridized carbons (Fsp3) is 0.417. The summed E-state index contributed by atoms with van der Waals surface area (Å²) in [5, 5.41) is 7.07. The van der Waals surface area contributed by atoms with Gasteiger partial charge in [-0.05, 0) is 13.3 Å². The van der Waals surface area contributed by atoms with Gasteiger partial charge in [0.1, 0.15) is 0 Å². The van der Waals surface area contributed by atoms with E-state index in [4.69, 9.17) is 0 Å². The van der Waals surface area contributed by atoms with Crippen LogP contribution >= 0.6 is 15.9 Å². The first-order valence-electron chi connectivity index (χ1n) is 5.80. The third-order valence-corrected chi connectivity index (χ3v) is 3.00. The van der Waals surface area contributed by atoms with Crippen LogP contribution in [0.25, 0.3) is 5.52 Å². The molecule has 0 saturated heterocycles. The van der Waals surface area contributed by atoms with E-state index in [2.05, 4.69) is 38.3 Å². The van der Waals surface area contributed by atoms with Gasteiger partial charge in [0, 0.05) is 23.3 Å². The van der Waals surface area contributed by atoms with Crippen molar-refractivity contribution in [1.29, 1.82) is 0 Å². The largest absolute Gasteiger partial charge is 0.349 e. The summed E-state index contributed by atoms with van der Waals surface area (Å²) in [5.41, 5.74) is 1.27. The van der Waals surface area contributed by atoms with Crippen LogP contribution in [0, 0.1) is 0 Å². The lowest BCUT2D eigenvalue weighted by molar-refractivity contribution is 0.0940. The molecule has 2 unspecified atom stereocenters. The second-order valence-corrected chi connectivity index (χ2v) is 5.92. The van der Waals surface area contributed by atoms with Gasteiger partial charge in [0.15, 0.2) is 0 Å². The average molecular weight is 311 g/mol. The maximum Gasteiger partial charge on any atom is 0.255 e. The van der Waals surface area contributed by atoms with Gasteiger partial charge in [0.05, 0.1) is 23.5 Å². The molecule has 1 amide bonds. The lowest BCUT2D eigenvalue weighted by Gasteiger charge is -2.14. The van der Waals surface area contributed by atoms with Crippen molar-refractivity contribution in [2.24, 2.45) is 0 Å². The Bertz CT molecular complexity index is 552. The Morgan fingerprint density at radius 3 is 3.00 bits per heavy atom. The van der Waals surface area contributed by atoms with E-state index in [-0.39, 0.29) is 11.9 Å². The standard InChI is InChI=1S/C12H15BrN4O/c1-8(13)5-9(2)16-12(18)10-6-15-17-4-3-14-7-11(10)17/h3-4,6-9H,5H2,1-2H3,(H,16,18). The molecular weight excluding hydrogens is 296 g/mol. The number of amides is 1. The number of nitrogens with one attached hydrogen (secondary N) is 1. The molecule has 0 aliphatic carbocycles. The van der Waals surface area contributed by atoms with Gasteiger partial charge in [-0.15, -0.1) is 0 Å². The summed E-state index contributed by atoms with van der Waals surface area (Å²) in [5.74, 6) is -0.112. The van der Waals surface area contributed by atoms with Gasteiger partial charge in [-0.1, -0.05) is 22.9 Å². The predicted octanol–water partition coefficient (Wildman–Crippen LogP) is 2.02. The van der Waals surface area contributed by atoms with E-state index < -0.39 is 0 Å². The molecule has 0 aromatic carbocycles. The second-order valence-electron chi connectivity index (χ2n) is 4.36. The molecule has 5 nitrogen and oxygen atoms in total. The van der Waals surface area contributed by atoms with Gasteiger partial charge >= 0.3 is 0 Å². The lowest BCUT2D eigenvalue weighted by Crippen LogP contribution is -2.33. The number of halogens is 1. The van der Waals surface area contributed by atoms with E-state index in [0.717, 1.165) is 6.42 Å². The highest BCUT2D eigenvalue weighted by Crippen LogP contribution is 2.11. The number of alkyl halides is 1. The first-order chi connectivity index (χ1) is 8.58. The molecule has 0 aliphatic heterocycles. The molecule has 2 heterocycles. The summed E-state index contributed by atoms with van der Waals surface area (Å²) in [4.78, 5) is 16.5. The van der Waals surface area contributed by atoms with Gasteiger partial charge in [-0.2, -0.15) is 5.10 Å². The number of fused-ring (bicyclic) bond motifs is 1. The molecule has 0 saturated carbocycles. The Kier molecular flexibility index (Phi) is 3.96. The van der Waals surface area contributed by atoms with Crippen LogP contribution in [0.3, 0.4) is 0 Å². The second kappa shape index (κ2) is 5.48. The van der Waals surface area contributed by atoms with E-state index in [1.54, 1.807) is 29.3 Å². The molecule has 0 aliphatic rings. The Balaban J connectivity index is 2.14. The summed E-state index contributed by atoms with van der Waals surface area (Å²) in [7, 11) is 0. The van der Waals surface area contributed by atoms with Crippen LogP contribution in [0.1, 0.15) is 30.6 Å². The smallest absolute Gasteiger partial charge is 0.255 e. The van der Waals surface area contributed by atoms with E-state index in [0.29, 0.717) is 15.9 Å². The van der Waals surface area contributed by atoms with Crippen LogP contribution in [-0.2, 0) is 0 Å². The van der Waals surface area contributed by atoms with Crippen molar-refractivity contribution in [3.63, 3.8) is 0 Å². The number of hydrogen-bond donors (Lipinski definition) is 1. The quantitative estimate of drug-likeness (QED) is 0.879. The van der Waals surface area contributed by atoms with Gasteiger partial charge < -0.3 is 5.32 Å². The maximum absolute atomic E-state index is 12.1. The monoisotopic (exact) mass is 310 g/mol. The highest BCUT2D eigenvalue weighted by molar-refractivity contribution is 9.09. The Morgan fingerprint density at radius 2 is 2.28 bits per heavy atom. The van der Waals surface area contributed by atoms with E-state index in [1.807, 2.05) is 6.92 Å². The molecule has 96 valence electrons. The van der Waals surface area contributed by atoms with Crippen molar-refractivity contribution < 1.29 is 4.79 Å². The fourth-order valence-electron chi connectivity index (χ4n) is 1.86. The highest BCUT2D eigenvalue weighted by atomic mass is 79.9. The Labute approximate surface area is 114 Å². The molecule has 0 spiro atoms. The topological polar surface area (TPSA) is 59.3 Å². The molecular formula is C12H15BrN4O. The minimum Gasteiger partial charge on any atom is -0.349 e. The zero-order valence-corrected chi connectivity index (χ0v) is 11.9. The zero-order chi connectivity index (χ0) is 13.1. The third kappa shape index (κ3) is 2.87. The highest BCUT2D eigenvalue weighted by Gasteiger charge is 2.15. The van der Waals surface area contributed by atoms with Crippen molar-refractivity contribution >= 4 is 27.4 Å². The maximum atomic E-state index is 12.1. The number of aromatic nitrogens is 3. The number of hydrogen-bond acceptors (Lipinski definition) is 3. The Hall–Kier alpha value is -1.43. The molecule has 0 fully saturated rings. The SMILES string of the molecule is CC(Br)CC(C)NC(=O)c1cnn2ccncc12. The minimum atomic E-state index is -0.112. The predicted molar refractivity (Wildman–Crippen MR) is 72.9 cm³/mol. The first kappa shape index (κ1) is 13.0. The minimum absolute atomic E-state index is 0.110. The van der Waals surface area contributed by atoms with E-state index in [1.165, 1.54) is 0 Å². The molecule has 2 rings (SSSR count). The van der Waals surface area contributed by atoms with Crippen molar-refractivity contribution in [1.82, 2.24) is 19.9 Å².